The minimum absolute atomic E-state index is 0.249. The summed E-state index contributed by atoms with van der Waals surface area (Å²) in [7, 11) is 0. The van der Waals surface area contributed by atoms with Gasteiger partial charge in [-0.15, -0.1) is 0 Å². The van der Waals surface area contributed by atoms with E-state index < -0.39 is 5.97 Å². The van der Waals surface area contributed by atoms with E-state index in [2.05, 4.69) is 0 Å². The molecule has 0 radical (unpaired) electrons. The summed E-state index contributed by atoms with van der Waals surface area (Å²) in [4.78, 5) is 10.2. The largest absolute Gasteiger partial charge is 0.481 e. The third-order valence-corrected chi connectivity index (χ3v) is 2.28. The fraction of sp³-hybridized carbons (Fsp3) is 0.545. The Bertz CT molecular complexity index is 293. The molecule has 3 nitrogen and oxygen atoms in total. The molecule has 0 saturated heterocycles. The number of unbranched alkanes of at least 4 members (excludes halogenated alkanes) is 1. The molecule has 0 saturated carbocycles. The molecule has 1 heterocycles. The van der Waals surface area contributed by atoms with Crippen LogP contribution < -0.4 is 0 Å². The first kappa shape index (κ1) is 10.8. The predicted molar refractivity (Wildman–Crippen MR) is 53.4 cm³/mol. The lowest BCUT2D eigenvalue weighted by Crippen LogP contribution is -1.94. The Morgan fingerprint density at radius 3 is 2.64 bits per heavy atom. The van der Waals surface area contributed by atoms with Gasteiger partial charge < -0.3 is 9.52 Å². The summed E-state index contributed by atoms with van der Waals surface area (Å²) in [6, 6.07) is 2.02. The Labute approximate surface area is 83.7 Å². The number of carboxylic acid groups (broad SMARTS) is 1. The van der Waals surface area contributed by atoms with E-state index in [1.54, 1.807) is 0 Å². The molecule has 1 aromatic heterocycles. The van der Waals surface area contributed by atoms with Gasteiger partial charge in [-0.25, -0.2) is 0 Å². The van der Waals surface area contributed by atoms with Crippen molar-refractivity contribution in [1.82, 2.24) is 0 Å². The normalized spacial score (nSPS) is 10.4. The van der Waals surface area contributed by atoms with Crippen molar-refractivity contribution in [3.05, 3.63) is 23.2 Å². The molecule has 3 heteroatoms. The van der Waals surface area contributed by atoms with Gasteiger partial charge in [0.1, 0.15) is 11.5 Å². The molecular weight excluding hydrogens is 180 g/mol. The quantitative estimate of drug-likeness (QED) is 0.736. The number of hydrogen-bond donors (Lipinski definition) is 1. The van der Waals surface area contributed by atoms with Crippen molar-refractivity contribution in [2.45, 2.75) is 39.5 Å². The summed E-state index contributed by atoms with van der Waals surface area (Å²) in [5.41, 5.74) is 1.17. The fourth-order valence-electron chi connectivity index (χ4n) is 1.35. The Hall–Kier alpha value is -1.25. The molecule has 0 amide bonds. The van der Waals surface area contributed by atoms with Crippen molar-refractivity contribution in [3.8, 4) is 0 Å². The Kier molecular flexibility index (Phi) is 3.74. The smallest absolute Gasteiger partial charge is 0.303 e. The van der Waals surface area contributed by atoms with Crippen molar-refractivity contribution in [2.75, 3.05) is 0 Å². The molecule has 0 unspecified atom stereocenters. The molecule has 1 rings (SSSR count). The molecule has 0 aliphatic carbocycles. The van der Waals surface area contributed by atoms with Gasteiger partial charge in [0.2, 0.25) is 0 Å². The van der Waals surface area contributed by atoms with E-state index >= 15 is 0 Å². The number of rotatable bonds is 5. The molecular formula is C11H16O3. The summed E-state index contributed by atoms with van der Waals surface area (Å²) >= 11 is 0. The number of carboxylic acids is 1. The standard InChI is InChI=1S/C11H16O3/c1-8-7-10(14-9(8)2)5-3-4-6-11(12)13/h7H,3-6H2,1-2H3,(H,12,13). The van der Waals surface area contributed by atoms with Crippen LogP contribution in [0.15, 0.2) is 10.5 Å². The van der Waals surface area contributed by atoms with Crippen molar-refractivity contribution in [1.29, 1.82) is 0 Å². The molecule has 0 aromatic carbocycles. The number of aryl methyl sites for hydroxylation is 3. The Morgan fingerprint density at radius 2 is 2.14 bits per heavy atom. The molecule has 0 aliphatic rings. The molecule has 1 aromatic rings. The zero-order chi connectivity index (χ0) is 10.6. The zero-order valence-electron chi connectivity index (χ0n) is 8.67. The zero-order valence-corrected chi connectivity index (χ0v) is 8.67. The number of carbonyl (C=O) groups is 1. The van der Waals surface area contributed by atoms with Gasteiger partial charge in [0.15, 0.2) is 0 Å². The maximum absolute atomic E-state index is 10.2. The van der Waals surface area contributed by atoms with Crippen LogP contribution in [0.3, 0.4) is 0 Å². The van der Waals surface area contributed by atoms with Crippen LogP contribution >= 0.6 is 0 Å². The highest BCUT2D eigenvalue weighted by Crippen LogP contribution is 2.15. The highest BCUT2D eigenvalue weighted by Gasteiger charge is 2.03. The van der Waals surface area contributed by atoms with E-state index in [9.17, 15) is 4.79 Å². The van der Waals surface area contributed by atoms with Gasteiger partial charge in [0, 0.05) is 12.8 Å². The van der Waals surface area contributed by atoms with Crippen LogP contribution in [0, 0.1) is 13.8 Å². The molecule has 14 heavy (non-hydrogen) atoms. The fourth-order valence-corrected chi connectivity index (χ4v) is 1.35. The first-order chi connectivity index (χ1) is 6.59. The minimum atomic E-state index is -0.725. The molecule has 0 bridgehead atoms. The van der Waals surface area contributed by atoms with Crippen LogP contribution in [0.4, 0.5) is 0 Å². The second kappa shape index (κ2) is 4.84. The van der Waals surface area contributed by atoms with E-state index in [0.717, 1.165) is 24.4 Å². The first-order valence-corrected chi connectivity index (χ1v) is 4.87. The van der Waals surface area contributed by atoms with Gasteiger partial charge in [0.25, 0.3) is 0 Å². The summed E-state index contributed by atoms with van der Waals surface area (Å²) < 4.78 is 5.47. The van der Waals surface area contributed by atoms with Crippen molar-refractivity contribution in [2.24, 2.45) is 0 Å². The Morgan fingerprint density at radius 1 is 1.43 bits per heavy atom. The third-order valence-electron chi connectivity index (χ3n) is 2.28. The maximum Gasteiger partial charge on any atom is 0.303 e. The average molecular weight is 196 g/mol. The van der Waals surface area contributed by atoms with Gasteiger partial charge in [-0.1, -0.05) is 0 Å². The van der Waals surface area contributed by atoms with Gasteiger partial charge >= 0.3 is 5.97 Å². The van der Waals surface area contributed by atoms with Gasteiger partial charge in [-0.05, 0) is 38.3 Å². The summed E-state index contributed by atoms with van der Waals surface area (Å²) in [6.07, 6.45) is 2.67. The molecule has 0 atom stereocenters. The van der Waals surface area contributed by atoms with Gasteiger partial charge in [0.05, 0.1) is 0 Å². The van der Waals surface area contributed by atoms with Crippen LogP contribution in [0.2, 0.25) is 0 Å². The number of aliphatic carboxylic acids is 1. The second-order valence-electron chi connectivity index (χ2n) is 3.55. The highest BCUT2D eigenvalue weighted by molar-refractivity contribution is 5.66. The molecule has 0 spiro atoms. The number of hydrogen-bond acceptors (Lipinski definition) is 2. The lowest BCUT2D eigenvalue weighted by Gasteiger charge is -1.95. The van der Waals surface area contributed by atoms with Gasteiger partial charge in [-0.3, -0.25) is 4.79 Å². The van der Waals surface area contributed by atoms with E-state index in [1.807, 2.05) is 19.9 Å². The summed E-state index contributed by atoms with van der Waals surface area (Å²) in [6.45, 7) is 3.95. The van der Waals surface area contributed by atoms with E-state index in [-0.39, 0.29) is 6.42 Å². The topological polar surface area (TPSA) is 50.4 Å². The highest BCUT2D eigenvalue weighted by atomic mass is 16.4. The summed E-state index contributed by atoms with van der Waals surface area (Å²) in [5, 5.41) is 8.44. The van der Waals surface area contributed by atoms with Gasteiger partial charge in [-0.2, -0.15) is 0 Å². The maximum atomic E-state index is 10.2. The average Bonchev–Trinajstić information content (AvgIpc) is 2.40. The second-order valence-corrected chi connectivity index (χ2v) is 3.55. The lowest BCUT2D eigenvalue weighted by molar-refractivity contribution is -0.137. The van der Waals surface area contributed by atoms with Crippen molar-refractivity contribution in [3.63, 3.8) is 0 Å². The van der Waals surface area contributed by atoms with Crippen LogP contribution in [0.5, 0.6) is 0 Å². The molecule has 0 fully saturated rings. The molecule has 1 N–H and O–H groups in total. The minimum Gasteiger partial charge on any atom is -0.481 e. The van der Waals surface area contributed by atoms with Crippen LogP contribution in [0.25, 0.3) is 0 Å². The molecule has 78 valence electrons. The van der Waals surface area contributed by atoms with Crippen LogP contribution in [-0.4, -0.2) is 11.1 Å². The SMILES string of the molecule is Cc1cc(CCCCC(=O)O)oc1C. The van der Waals surface area contributed by atoms with Crippen molar-refractivity contribution < 1.29 is 14.3 Å². The third kappa shape index (κ3) is 3.24. The lowest BCUT2D eigenvalue weighted by atomic mass is 10.1. The monoisotopic (exact) mass is 196 g/mol. The van der Waals surface area contributed by atoms with E-state index in [0.29, 0.717) is 6.42 Å². The van der Waals surface area contributed by atoms with E-state index in [4.69, 9.17) is 9.52 Å². The van der Waals surface area contributed by atoms with E-state index in [1.165, 1.54) is 5.56 Å². The van der Waals surface area contributed by atoms with Crippen molar-refractivity contribution >= 4 is 5.97 Å². The predicted octanol–water partition coefficient (Wildman–Crippen LogP) is 2.69. The van der Waals surface area contributed by atoms with Crippen LogP contribution in [-0.2, 0) is 11.2 Å². The summed E-state index contributed by atoms with van der Waals surface area (Å²) in [5.74, 6) is 1.19. The number of furan rings is 1. The van der Waals surface area contributed by atoms with Crippen LogP contribution in [0.1, 0.15) is 36.3 Å². The Balaban J connectivity index is 2.28. The molecule has 0 aliphatic heterocycles. The first-order valence-electron chi connectivity index (χ1n) is 4.87.